The van der Waals surface area contributed by atoms with E-state index in [1.807, 2.05) is 0 Å². The topological polar surface area (TPSA) is 54.4 Å². The van der Waals surface area contributed by atoms with Crippen LogP contribution in [0.1, 0.15) is 0 Å². The molecule has 0 aromatic carbocycles. The van der Waals surface area contributed by atoms with Gasteiger partial charge in [0, 0.05) is 17.1 Å². The summed E-state index contributed by atoms with van der Waals surface area (Å²) in [6, 6.07) is 0. The number of rotatable bonds is 0. The van der Waals surface area contributed by atoms with E-state index in [0.717, 1.165) is 0 Å². The second-order valence-electron chi connectivity index (χ2n) is 0.448. The molecule has 0 aliphatic carbocycles. The summed E-state index contributed by atoms with van der Waals surface area (Å²) >= 11 is 2.65. The van der Waals surface area contributed by atoms with Gasteiger partial charge in [-0.15, -0.1) is 0 Å². The van der Waals surface area contributed by atoms with E-state index < -0.39 is 9.15 Å². The molecule has 0 amide bonds. The molecule has 0 bridgehead atoms. The van der Waals surface area contributed by atoms with E-state index in [1.165, 1.54) is 0 Å². The third-order valence-corrected chi connectivity index (χ3v) is 0. The van der Waals surface area contributed by atoms with Crippen LogP contribution in [0.5, 0.6) is 0 Å². The predicted molar refractivity (Wildman–Crippen MR) is 27.7 cm³/mol. The van der Waals surface area contributed by atoms with Gasteiger partial charge in [-0.2, -0.15) is 8.42 Å². The summed E-state index contributed by atoms with van der Waals surface area (Å²) in [4.78, 5) is 0. The van der Waals surface area contributed by atoms with Crippen LogP contribution in [0.3, 0.4) is 0 Å². The van der Waals surface area contributed by atoms with Gasteiger partial charge in [-0.25, -0.2) is 0 Å². The fourth-order valence-corrected chi connectivity index (χ4v) is 0. The van der Waals surface area contributed by atoms with Crippen molar-refractivity contribution in [2.24, 2.45) is 0 Å². The molecule has 7 heavy (non-hydrogen) atoms. The normalized spacial score (nSPS) is 8.29. The number of hydrogen-bond donors (Lipinski definition) is 2. The molecule has 0 atom stereocenters. The van der Waals surface area contributed by atoms with E-state index >= 15 is 0 Å². The van der Waals surface area contributed by atoms with Crippen LogP contribution in [0.25, 0.3) is 0 Å². The van der Waals surface area contributed by atoms with Crippen LogP contribution in [0.4, 0.5) is 0 Å². The summed E-state index contributed by atoms with van der Waals surface area (Å²) in [5.74, 6) is 0. The third-order valence-electron chi connectivity index (χ3n) is 0. The first kappa shape index (κ1) is 16.2. The molecule has 0 rings (SSSR count). The molecule has 7 heteroatoms. The van der Waals surface area contributed by atoms with Gasteiger partial charge < -0.3 is 0 Å². The van der Waals surface area contributed by atoms with Crippen LogP contribution in [-0.2, 0) is 26.2 Å². The van der Waals surface area contributed by atoms with Crippen molar-refractivity contribution in [2.75, 3.05) is 0 Å². The van der Waals surface area contributed by atoms with Crippen molar-refractivity contribution >= 4 is 72.2 Å². The van der Waals surface area contributed by atoms with Crippen LogP contribution >= 0.6 is 11.7 Å². The third kappa shape index (κ3) is 59.4. The molecule has 0 unspecified atom stereocenters. The first-order chi connectivity index (χ1) is 2.00. The van der Waals surface area contributed by atoms with Gasteiger partial charge in [-0.05, 0) is 11.7 Å². The van der Waals surface area contributed by atoms with Gasteiger partial charge in [-0.1, -0.05) is 0 Å². The van der Waals surface area contributed by atoms with Crippen molar-refractivity contribution in [1.82, 2.24) is 0 Å². The second kappa shape index (κ2) is 6.53. The van der Waals surface area contributed by atoms with E-state index in [0.29, 0.717) is 0 Å². The average molecular weight is 218 g/mol. The van der Waals surface area contributed by atoms with Gasteiger partial charge in [-0.3, -0.25) is 4.55 Å². The maximum atomic E-state index is 9.05. The zero-order valence-electron chi connectivity index (χ0n) is 2.42. The average Bonchev–Trinajstić information content (AvgIpc) is 0.722. The summed E-state index contributed by atoms with van der Waals surface area (Å²) in [7, 11) is -3.97. The standard InChI is InChI=1S/Cu.K.H2O3S2.H/c;;1-5(2,3)4;/h;;(H2,1,2,3,4);. The van der Waals surface area contributed by atoms with Crippen LogP contribution in [0.2, 0.25) is 0 Å². The molecule has 0 saturated carbocycles. The van der Waals surface area contributed by atoms with Crippen molar-refractivity contribution in [3.8, 4) is 0 Å². The molecule has 0 heterocycles. The molecule has 0 fully saturated rings. The first-order valence-electron chi connectivity index (χ1n) is 0.698. The minimum atomic E-state index is -3.97. The Morgan fingerprint density at radius 1 is 1.43 bits per heavy atom. The van der Waals surface area contributed by atoms with Gasteiger partial charge in [0.25, 0.3) is 0 Å². The Morgan fingerprint density at radius 2 is 1.43 bits per heavy atom. The van der Waals surface area contributed by atoms with Crippen molar-refractivity contribution < 1.29 is 30.0 Å². The molecular weight excluding hydrogens is 215 g/mol. The van der Waals surface area contributed by atoms with Gasteiger partial charge in [0.2, 0.25) is 0 Å². The minimum absolute atomic E-state index is 0. The SMILES string of the molecule is O=S(=O)(O)S.[Cu].[KH]. The second-order valence-corrected chi connectivity index (χ2v) is 2.73. The zero-order chi connectivity index (χ0) is 4.50. The Morgan fingerprint density at radius 3 is 1.43 bits per heavy atom. The molecule has 0 saturated heterocycles. The molecule has 1 radical (unpaired) electrons. The Kier molecular flexibility index (Phi) is 15.1. The Balaban J connectivity index is -0.0000000800. The fraction of sp³-hybridized carbons (Fsp3) is 0. The van der Waals surface area contributed by atoms with E-state index in [9.17, 15) is 0 Å². The van der Waals surface area contributed by atoms with Gasteiger partial charge in [0.15, 0.2) is 0 Å². The van der Waals surface area contributed by atoms with Crippen molar-refractivity contribution in [3.05, 3.63) is 0 Å². The molecular formula is H3CuKO3S2. The van der Waals surface area contributed by atoms with Crippen molar-refractivity contribution in [3.63, 3.8) is 0 Å². The Bertz CT molecular complexity index is 96.1. The fourth-order valence-electron chi connectivity index (χ4n) is 0. The summed E-state index contributed by atoms with van der Waals surface area (Å²) in [5, 5.41) is 0. The van der Waals surface area contributed by atoms with Crippen LogP contribution in [0, 0.1) is 0 Å². The van der Waals surface area contributed by atoms with E-state index in [2.05, 4.69) is 11.7 Å². The molecule has 0 aliphatic rings. The van der Waals surface area contributed by atoms with Gasteiger partial charge in [0.1, 0.15) is 0 Å². The van der Waals surface area contributed by atoms with Crippen LogP contribution in [-0.4, -0.2) is 64.4 Å². The summed E-state index contributed by atoms with van der Waals surface area (Å²) in [5.41, 5.74) is 0. The summed E-state index contributed by atoms with van der Waals surface area (Å²) in [6.07, 6.45) is 0. The zero-order valence-corrected chi connectivity index (χ0v) is 5.07. The first-order valence-corrected chi connectivity index (χ1v) is 3.19. The Hall–Kier alpha value is 2.42. The van der Waals surface area contributed by atoms with E-state index in [1.54, 1.807) is 0 Å². The van der Waals surface area contributed by atoms with Gasteiger partial charge in [0.05, 0.1) is 0 Å². The predicted octanol–water partition coefficient (Wildman–Crippen LogP) is -0.932. The molecule has 0 aromatic heterocycles. The van der Waals surface area contributed by atoms with Gasteiger partial charge >= 0.3 is 60.5 Å². The summed E-state index contributed by atoms with van der Waals surface area (Å²) < 4.78 is 25.5. The van der Waals surface area contributed by atoms with Crippen molar-refractivity contribution in [2.45, 2.75) is 0 Å². The molecule has 0 spiro atoms. The monoisotopic (exact) mass is 217 g/mol. The number of hydrogen-bond acceptors (Lipinski definition) is 2. The van der Waals surface area contributed by atoms with E-state index in [4.69, 9.17) is 13.0 Å². The maximum absolute atomic E-state index is 9.05. The quantitative estimate of drug-likeness (QED) is 0.239. The van der Waals surface area contributed by atoms with Crippen molar-refractivity contribution in [1.29, 1.82) is 0 Å². The van der Waals surface area contributed by atoms with Crippen LogP contribution in [0.15, 0.2) is 0 Å². The summed E-state index contributed by atoms with van der Waals surface area (Å²) in [6.45, 7) is 0. The molecule has 0 aromatic rings. The molecule has 0 aliphatic heterocycles. The molecule has 45 valence electrons. The Labute approximate surface area is 100 Å². The number of thiol groups is 1. The molecule has 1 N–H and O–H groups in total. The van der Waals surface area contributed by atoms with Crippen LogP contribution < -0.4 is 0 Å². The van der Waals surface area contributed by atoms with E-state index in [-0.39, 0.29) is 68.5 Å². The molecule has 3 nitrogen and oxygen atoms in total.